The highest BCUT2D eigenvalue weighted by Crippen LogP contribution is 2.40. The lowest BCUT2D eigenvalue weighted by Crippen LogP contribution is -2.69. The van der Waals surface area contributed by atoms with Gasteiger partial charge in [0.25, 0.3) is 0 Å². The van der Waals surface area contributed by atoms with Gasteiger partial charge in [0.05, 0.1) is 25.0 Å². The van der Waals surface area contributed by atoms with E-state index in [9.17, 15) is 0 Å². The molecule has 4 heterocycles. The van der Waals surface area contributed by atoms with Crippen molar-refractivity contribution in [2.45, 2.75) is 18.6 Å². The molecule has 3 aliphatic rings. The zero-order valence-corrected chi connectivity index (χ0v) is 12.6. The molecule has 6 heteroatoms. The third-order valence-electron chi connectivity index (χ3n) is 4.68. The molecular weight excluding hydrogens is 292 g/mol. The molecule has 1 fully saturated rings. The first-order chi connectivity index (χ1) is 11.3. The van der Waals surface area contributed by atoms with E-state index in [1.807, 2.05) is 30.2 Å². The van der Waals surface area contributed by atoms with Gasteiger partial charge in [-0.2, -0.15) is 5.43 Å². The van der Waals surface area contributed by atoms with Gasteiger partial charge in [-0.1, -0.05) is 5.10 Å². The molecule has 5 rings (SSSR count). The zero-order chi connectivity index (χ0) is 15.3. The monoisotopic (exact) mass is 309 g/mol. The molecule has 23 heavy (non-hydrogen) atoms. The Hall–Kier alpha value is -2.28. The number of hydrogen-bond donors (Lipinski definition) is 2. The standard InChI is InChI=1S/C17H16N4O2/c1-2-17(22-3-4-23-17)6-11(1)12-5-14-15(13-8-20-21-9-13)10-19-16(14)18-7-12/h5-10H,1-4H2,(H,18,19)(H,20,21)/p+1. The summed E-state index contributed by atoms with van der Waals surface area (Å²) in [5.41, 5.74) is 7.32. The molecule has 3 N–H and O–H groups in total. The molecular formula is C17H17N4O2+. The summed E-state index contributed by atoms with van der Waals surface area (Å²) in [7, 11) is 0. The van der Waals surface area contributed by atoms with Crippen LogP contribution in [0.1, 0.15) is 24.0 Å². The fourth-order valence-corrected chi connectivity index (χ4v) is 3.51. The van der Waals surface area contributed by atoms with Crippen molar-refractivity contribution >= 4 is 28.4 Å². The molecule has 0 radical (unpaired) electrons. The van der Waals surface area contributed by atoms with Crippen LogP contribution in [0.2, 0.25) is 0 Å². The minimum atomic E-state index is -0.499. The van der Waals surface area contributed by atoms with Gasteiger partial charge in [0.15, 0.2) is 5.79 Å². The first-order valence-electron chi connectivity index (χ1n) is 7.87. The van der Waals surface area contributed by atoms with Crippen molar-refractivity contribution in [1.82, 2.24) is 9.97 Å². The molecule has 0 unspecified atom stereocenters. The summed E-state index contributed by atoms with van der Waals surface area (Å²) in [5.74, 6) is -0.499. The summed E-state index contributed by atoms with van der Waals surface area (Å²) in [4.78, 5) is 7.81. The Morgan fingerprint density at radius 2 is 2.17 bits per heavy atom. The fourth-order valence-electron chi connectivity index (χ4n) is 3.51. The predicted octanol–water partition coefficient (Wildman–Crippen LogP) is 1.39. The van der Waals surface area contributed by atoms with E-state index in [-0.39, 0.29) is 0 Å². The third kappa shape index (κ3) is 2.07. The highest BCUT2D eigenvalue weighted by atomic mass is 16.7. The Morgan fingerprint density at radius 1 is 1.26 bits per heavy atom. The van der Waals surface area contributed by atoms with Gasteiger partial charge in [-0.3, -0.25) is 0 Å². The number of ether oxygens (including phenoxy) is 2. The number of fused-ring (bicyclic) bond motifs is 1. The molecule has 2 aromatic rings. The molecule has 2 aliphatic heterocycles. The molecule has 0 amide bonds. The first kappa shape index (κ1) is 13.2. The van der Waals surface area contributed by atoms with E-state index in [0.717, 1.165) is 40.6 Å². The average molecular weight is 309 g/mol. The van der Waals surface area contributed by atoms with Crippen LogP contribution in [0.3, 0.4) is 0 Å². The van der Waals surface area contributed by atoms with Gasteiger partial charge in [0.1, 0.15) is 11.8 Å². The topological polar surface area (TPSA) is 76.1 Å². The second-order valence-corrected chi connectivity index (χ2v) is 6.05. The van der Waals surface area contributed by atoms with Gasteiger partial charge in [0, 0.05) is 29.8 Å². The van der Waals surface area contributed by atoms with Crippen LogP contribution in [0.4, 0.5) is 0 Å². The fraction of sp³-hybridized carbons (Fsp3) is 0.294. The van der Waals surface area contributed by atoms with Gasteiger partial charge < -0.3 is 14.5 Å². The number of rotatable bonds is 2. The van der Waals surface area contributed by atoms with Crippen LogP contribution >= 0.6 is 0 Å². The molecule has 1 aliphatic carbocycles. The average Bonchev–Trinajstić information content (AvgIpc) is 3.36. The number of aromatic amines is 1. The zero-order valence-electron chi connectivity index (χ0n) is 12.6. The Balaban J connectivity index is 1.58. The maximum atomic E-state index is 5.77. The van der Waals surface area contributed by atoms with E-state index in [2.05, 4.69) is 27.2 Å². The molecule has 0 atom stereocenters. The predicted molar refractivity (Wildman–Crippen MR) is 86.3 cm³/mol. The van der Waals surface area contributed by atoms with Gasteiger partial charge in [-0.15, -0.1) is 0 Å². The number of hydrogen-bond acceptors (Lipinski definition) is 4. The Labute approximate surface area is 132 Å². The van der Waals surface area contributed by atoms with E-state index < -0.39 is 5.79 Å². The van der Waals surface area contributed by atoms with E-state index in [1.165, 1.54) is 5.57 Å². The van der Waals surface area contributed by atoms with Crippen LogP contribution in [0.25, 0.3) is 22.2 Å². The van der Waals surface area contributed by atoms with Crippen LogP contribution < -0.4 is 5.43 Å². The number of nitrogens with two attached hydrogens (primary N) is 1. The first-order valence-corrected chi connectivity index (χ1v) is 7.87. The number of pyridine rings is 1. The molecule has 2 aromatic heterocycles. The number of H-pyrrole nitrogens is 1. The molecule has 1 spiro atoms. The molecule has 116 valence electrons. The summed E-state index contributed by atoms with van der Waals surface area (Å²) in [6.45, 7) is 1.35. The van der Waals surface area contributed by atoms with E-state index in [4.69, 9.17) is 9.47 Å². The van der Waals surface area contributed by atoms with E-state index >= 15 is 0 Å². The normalized spacial score (nSPS) is 22.3. The highest BCUT2D eigenvalue weighted by molar-refractivity contribution is 6.14. The largest absolute Gasteiger partial charge is 0.346 e. The minimum absolute atomic E-state index is 0.499. The Bertz CT molecular complexity index is 872. The smallest absolute Gasteiger partial charge is 0.188 e. The van der Waals surface area contributed by atoms with Crippen LogP contribution in [0, 0.1) is 0 Å². The Kier molecular flexibility index (Phi) is 2.78. The molecule has 0 saturated carbocycles. The minimum Gasteiger partial charge on any atom is -0.346 e. The van der Waals surface area contributed by atoms with Crippen LogP contribution in [0.5, 0.6) is 0 Å². The van der Waals surface area contributed by atoms with Crippen molar-refractivity contribution in [3.8, 4) is 0 Å². The van der Waals surface area contributed by atoms with Crippen molar-refractivity contribution < 1.29 is 14.9 Å². The van der Waals surface area contributed by atoms with E-state index in [0.29, 0.717) is 13.2 Å². The lowest BCUT2D eigenvalue weighted by Gasteiger charge is -2.17. The number of quaternary nitrogens is 1. The van der Waals surface area contributed by atoms with Crippen molar-refractivity contribution in [2.75, 3.05) is 13.2 Å². The number of nitrogens with one attached hydrogen (secondary N) is 1. The van der Waals surface area contributed by atoms with Crippen LogP contribution in [-0.4, -0.2) is 35.2 Å². The van der Waals surface area contributed by atoms with Crippen LogP contribution in [-0.2, 0) is 9.47 Å². The second-order valence-electron chi connectivity index (χ2n) is 6.05. The van der Waals surface area contributed by atoms with Gasteiger partial charge in [-0.25, -0.2) is 4.98 Å². The molecule has 0 aromatic carbocycles. The molecule has 0 bridgehead atoms. The Morgan fingerprint density at radius 3 is 3.00 bits per heavy atom. The number of aromatic nitrogens is 2. The maximum absolute atomic E-state index is 5.77. The van der Waals surface area contributed by atoms with Gasteiger partial charge in [-0.05, 0) is 29.7 Å². The third-order valence-corrected chi connectivity index (χ3v) is 4.68. The lowest BCUT2D eigenvalue weighted by atomic mass is 10.0. The van der Waals surface area contributed by atoms with Crippen LogP contribution in [0.15, 0.2) is 35.8 Å². The highest BCUT2D eigenvalue weighted by Gasteiger charge is 2.38. The summed E-state index contributed by atoms with van der Waals surface area (Å²) in [6.07, 6.45) is 11.8. The van der Waals surface area contributed by atoms with Crippen molar-refractivity contribution in [3.63, 3.8) is 0 Å². The summed E-state index contributed by atoms with van der Waals surface area (Å²) in [5, 5.41) is 5.27. The van der Waals surface area contributed by atoms with Crippen molar-refractivity contribution in [2.24, 2.45) is 5.10 Å². The molecule has 1 saturated heterocycles. The SMILES string of the molecule is C1=N[NH2+]C=C1c1c[nH]c2ncc(C3=CC4(CC3)OCCO4)cc12. The van der Waals surface area contributed by atoms with E-state index in [1.54, 1.807) is 0 Å². The van der Waals surface area contributed by atoms with Crippen molar-refractivity contribution in [3.05, 3.63) is 41.9 Å². The lowest BCUT2D eigenvalue weighted by molar-refractivity contribution is -0.589. The maximum Gasteiger partial charge on any atom is 0.188 e. The summed E-state index contributed by atoms with van der Waals surface area (Å²) in [6, 6.07) is 2.20. The van der Waals surface area contributed by atoms with Gasteiger partial charge in [0.2, 0.25) is 0 Å². The summed E-state index contributed by atoms with van der Waals surface area (Å²) < 4.78 is 11.5. The summed E-state index contributed by atoms with van der Waals surface area (Å²) >= 11 is 0. The van der Waals surface area contributed by atoms with Crippen molar-refractivity contribution in [1.29, 1.82) is 0 Å². The number of allylic oxidation sites excluding steroid dienone is 2. The second kappa shape index (κ2) is 4.86. The number of nitrogens with zero attached hydrogens (tertiary/aromatic N) is 2. The quantitative estimate of drug-likeness (QED) is 0.823. The molecule has 6 nitrogen and oxygen atoms in total. The van der Waals surface area contributed by atoms with Gasteiger partial charge >= 0.3 is 0 Å².